The molecular weight excluding hydrogens is 1130 g/mol. The number of aromatic nitrogens is 1. The summed E-state index contributed by atoms with van der Waals surface area (Å²) in [4.78, 5) is 46.9. The van der Waals surface area contributed by atoms with Crippen molar-refractivity contribution in [2.75, 3.05) is 44.2 Å². The summed E-state index contributed by atoms with van der Waals surface area (Å²) < 4.78 is 140. The molecule has 2 saturated heterocycles. The van der Waals surface area contributed by atoms with Crippen molar-refractivity contribution >= 4 is 71.6 Å². The van der Waals surface area contributed by atoms with Crippen LogP contribution in [0.5, 0.6) is 0 Å². The summed E-state index contributed by atoms with van der Waals surface area (Å²) in [6.07, 6.45) is -9.23. The molecule has 7 rings (SSSR count). The number of aryl methyl sites for hydroxylation is 1. The van der Waals surface area contributed by atoms with E-state index in [-0.39, 0.29) is 67.3 Å². The van der Waals surface area contributed by atoms with Crippen LogP contribution in [0.2, 0.25) is 0 Å². The first kappa shape index (κ1) is 63.0. The topological polar surface area (TPSA) is 205 Å². The molecule has 2 fully saturated rings. The van der Waals surface area contributed by atoms with E-state index in [9.17, 15) is 57.6 Å². The largest absolute Gasteiger partial charge is 0.456 e. The second kappa shape index (κ2) is 25.3. The summed E-state index contributed by atoms with van der Waals surface area (Å²) in [6, 6.07) is 19.4. The number of benzene rings is 4. The van der Waals surface area contributed by atoms with Gasteiger partial charge in [0.15, 0.2) is 10.2 Å². The van der Waals surface area contributed by atoms with Crippen LogP contribution in [0.4, 0.5) is 31.5 Å². The number of amides is 2. The number of nitrogens with two attached hydrogens (primary N) is 1. The second-order valence-electron chi connectivity index (χ2n) is 20.7. The molecule has 4 aromatic carbocycles. The second-order valence-corrected chi connectivity index (χ2v) is 25.9. The fraction of sp³-hybridized carbons (Fsp3) is 0.426. The number of carbonyl (C=O) groups is 3. The number of thiazole rings is 1. The van der Waals surface area contributed by atoms with Crippen molar-refractivity contribution in [3.63, 3.8) is 0 Å². The number of sulfonamides is 2. The molecule has 5 aromatic rings. The molecule has 434 valence electrons. The predicted octanol–water partition coefficient (Wildman–Crippen LogP) is 8.81. The van der Waals surface area contributed by atoms with Crippen LogP contribution in [-0.2, 0) is 59.8 Å². The van der Waals surface area contributed by atoms with Gasteiger partial charge in [-0.15, -0.1) is 0 Å². The minimum Gasteiger partial charge on any atom is -0.456 e. The molecule has 0 bridgehead atoms. The Morgan fingerprint density at radius 3 is 1.44 bits per heavy atom. The molecule has 4 N–H and O–H groups in total. The monoisotopic (exact) mass is 1190 g/mol. The van der Waals surface area contributed by atoms with Gasteiger partial charge in [0.2, 0.25) is 31.9 Å². The van der Waals surface area contributed by atoms with Gasteiger partial charge in [-0.25, -0.2) is 26.6 Å². The number of piperazine rings is 2. The Balaban J connectivity index is 0.000000266. The van der Waals surface area contributed by atoms with Crippen LogP contribution < -0.4 is 21.3 Å². The normalized spacial score (nSPS) is 16.9. The van der Waals surface area contributed by atoms with Gasteiger partial charge in [0.25, 0.3) is 0 Å². The summed E-state index contributed by atoms with van der Waals surface area (Å²) in [6.45, 7) is 15.3. The predicted molar refractivity (Wildman–Crippen MR) is 296 cm³/mol. The molecule has 0 radical (unpaired) electrons. The Labute approximate surface area is 471 Å². The van der Waals surface area contributed by atoms with Crippen LogP contribution in [0.15, 0.2) is 107 Å². The van der Waals surface area contributed by atoms with Crippen LogP contribution in [0.25, 0.3) is 0 Å². The summed E-state index contributed by atoms with van der Waals surface area (Å²) in [7, 11) is -8.64. The van der Waals surface area contributed by atoms with Crippen LogP contribution in [0, 0.1) is 6.92 Å². The molecule has 0 saturated carbocycles. The van der Waals surface area contributed by atoms with Crippen molar-refractivity contribution in [1.82, 2.24) is 29.1 Å². The fourth-order valence-corrected chi connectivity index (χ4v) is 12.8. The van der Waals surface area contributed by atoms with E-state index in [1.54, 1.807) is 32.6 Å². The van der Waals surface area contributed by atoms with Crippen LogP contribution in [0.3, 0.4) is 0 Å². The molecule has 16 nitrogen and oxygen atoms in total. The fourth-order valence-electron chi connectivity index (χ4n) is 8.50. The highest BCUT2D eigenvalue weighted by Gasteiger charge is 2.43. The van der Waals surface area contributed by atoms with E-state index in [4.69, 9.17) is 22.7 Å². The number of ether oxygens (including phenoxy) is 1. The summed E-state index contributed by atoms with van der Waals surface area (Å²) in [5, 5.41) is 6.02. The van der Waals surface area contributed by atoms with Gasteiger partial charge in [-0.1, -0.05) is 87.6 Å². The molecule has 2 aliphatic rings. The third-order valence-corrected chi connectivity index (χ3v) is 18.3. The number of anilines is 1. The van der Waals surface area contributed by atoms with Gasteiger partial charge in [-0.3, -0.25) is 9.59 Å². The van der Waals surface area contributed by atoms with Gasteiger partial charge in [0, 0.05) is 52.4 Å². The molecule has 2 amide bonds. The number of hydrogen-bond acceptors (Lipinski definition) is 12. The van der Waals surface area contributed by atoms with E-state index >= 15 is 0 Å². The third-order valence-electron chi connectivity index (χ3n) is 13.0. The number of nitrogens with one attached hydrogen (secondary N) is 2. The van der Waals surface area contributed by atoms with Crippen LogP contribution in [0.1, 0.15) is 109 Å². The molecule has 0 aliphatic carbocycles. The van der Waals surface area contributed by atoms with Crippen LogP contribution >= 0.6 is 23.6 Å². The Morgan fingerprint density at radius 2 is 1.06 bits per heavy atom. The van der Waals surface area contributed by atoms with E-state index in [2.05, 4.69) is 43.3 Å². The molecular formula is C54H64F6N8O8S4. The number of halogens is 6. The molecule has 0 unspecified atom stereocenters. The smallest absolute Gasteiger partial charge is 0.416 e. The zero-order chi connectivity index (χ0) is 59.3. The number of thiocarbonyl (C=S) groups is 1. The van der Waals surface area contributed by atoms with Crippen molar-refractivity contribution in [2.24, 2.45) is 5.73 Å². The minimum absolute atomic E-state index is 0.0265. The maximum absolute atomic E-state index is 13.7. The van der Waals surface area contributed by atoms with Crippen molar-refractivity contribution < 1.29 is 62.3 Å². The van der Waals surface area contributed by atoms with Gasteiger partial charge in [-0.2, -0.15) is 35.0 Å². The van der Waals surface area contributed by atoms with Crippen molar-refractivity contribution in [3.05, 3.63) is 141 Å². The highest BCUT2D eigenvalue weighted by Crippen LogP contribution is 2.35. The first-order chi connectivity index (χ1) is 37.2. The first-order valence-electron chi connectivity index (χ1n) is 25.3. The highest BCUT2D eigenvalue weighted by molar-refractivity contribution is 7.89. The Kier molecular flexibility index (Phi) is 19.9. The molecule has 26 heteroatoms. The number of rotatable bonds is 14. The lowest BCUT2D eigenvalue weighted by atomic mass is 10.0. The van der Waals surface area contributed by atoms with Crippen molar-refractivity contribution in [1.29, 1.82) is 0 Å². The van der Waals surface area contributed by atoms with E-state index in [0.717, 1.165) is 66.5 Å². The van der Waals surface area contributed by atoms with Gasteiger partial charge < -0.3 is 30.9 Å². The van der Waals surface area contributed by atoms with Crippen molar-refractivity contribution in [2.45, 2.75) is 120 Å². The summed E-state index contributed by atoms with van der Waals surface area (Å²) in [5.74, 6) is -0.990. The van der Waals surface area contributed by atoms with Gasteiger partial charge in [-0.05, 0) is 123 Å². The number of esters is 1. The Bertz CT molecular complexity index is 3230. The Hall–Kier alpha value is -6.19. The summed E-state index contributed by atoms with van der Waals surface area (Å²) in [5.41, 5.74) is 7.41. The van der Waals surface area contributed by atoms with Gasteiger partial charge in [0.05, 0.1) is 26.6 Å². The molecule has 80 heavy (non-hydrogen) atoms. The number of alkyl halides is 6. The molecule has 3 heterocycles. The first-order valence-corrected chi connectivity index (χ1v) is 29.4. The van der Waals surface area contributed by atoms with E-state index < -0.39 is 79.0 Å². The van der Waals surface area contributed by atoms with E-state index in [1.807, 2.05) is 48.5 Å². The zero-order valence-corrected chi connectivity index (χ0v) is 48.5. The standard InChI is InChI=1S/C31H37F3N4O5S2.C23H27F3N4O3S2/c1-19(2)22-9-7-21(8-10-22)17-35-27(39)25-18-37(29-36-20(3)26(44-29)28(40)43-30(4,5)6)15-16-38(25)45(41,42)24-13-11-23(12-14-24)31(32,33)34;1-15(2)17-5-3-16(4-6-17)13-28-21(31)20-14-29(22(27)34)11-12-30(20)35(32,33)19-9-7-18(8-10-19)23(24,25)26/h7-14,19,25H,15-18H2,1-6H3,(H,35,39);3-10,15,20H,11-14H2,1-2H3,(H2,27,34)(H,28,31)/t25-;20-/m11/s1. The highest BCUT2D eigenvalue weighted by atomic mass is 32.2. The quantitative estimate of drug-likeness (QED) is 0.0541. The lowest BCUT2D eigenvalue weighted by molar-refractivity contribution is -0.138. The lowest BCUT2D eigenvalue weighted by Crippen LogP contribution is -2.62. The van der Waals surface area contributed by atoms with E-state index in [1.165, 1.54) is 4.90 Å². The molecule has 2 aliphatic heterocycles. The molecule has 1 aromatic heterocycles. The van der Waals surface area contributed by atoms with Gasteiger partial charge >= 0.3 is 18.3 Å². The molecule has 0 spiro atoms. The maximum Gasteiger partial charge on any atom is 0.416 e. The maximum atomic E-state index is 13.7. The SMILES string of the molecule is CC(C)c1ccc(CNC(=O)[C@H]2CN(C(N)=S)CCN2S(=O)(=O)c2ccc(C(F)(F)F)cc2)cc1.Cc1nc(N2CCN(S(=O)(=O)c3ccc(C(F)(F)F)cc3)[C@@H](C(=O)NCc3ccc(C(C)C)cc3)C2)sc1C(=O)OC(C)(C)C. The number of hydrogen-bond donors (Lipinski definition) is 3. The molecule has 2 atom stereocenters. The third kappa shape index (κ3) is 15.8. The van der Waals surface area contributed by atoms with Crippen LogP contribution in [-0.4, -0.2) is 115 Å². The Morgan fingerprint density at radius 1 is 0.662 bits per heavy atom. The summed E-state index contributed by atoms with van der Waals surface area (Å²) >= 11 is 6.09. The number of carbonyl (C=O) groups excluding carboxylic acids is 3. The van der Waals surface area contributed by atoms with E-state index in [0.29, 0.717) is 51.8 Å². The average Bonchev–Trinajstić information content (AvgIpc) is 3.85. The van der Waals surface area contributed by atoms with Crippen molar-refractivity contribution in [3.8, 4) is 0 Å². The number of nitrogens with zero attached hydrogens (tertiary/aromatic N) is 5. The average molecular weight is 1200 g/mol. The minimum atomic E-state index is -4.63. The van der Waals surface area contributed by atoms with Gasteiger partial charge in [0.1, 0.15) is 22.6 Å². The lowest BCUT2D eigenvalue weighted by Gasteiger charge is -2.39. The zero-order valence-electron chi connectivity index (χ0n) is 45.2.